The number of H-pyrrole nitrogens is 1. The number of aromatic nitrogens is 4. The molecule has 1 saturated heterocycles. The highest BCUT2D eigenvalue weighted by molar-refractivity contribution is 6.00. The summed E-state index contributed by atoms with van der Waals surface area (Å²) in [7, 11) is 1.78. The number of pyridine rings is 1. The molecule has 8 nitrogen and oxygen atoms in total. The number of hydrogen-bond acceptors (Lipinski definition) is 6. The number of hydrogen-bond donors (Lipinski definition) is 4. The number of halogens is 1. The molecule has 3 aromatic heterocycles. The third-order valence-corrected chi connectivity index (χ3v) is 4.46. The lowest BCUT2D eigenvalue weighted by atomic mass is 10.0. The molecule has 0 amide bonds. The molecule has 4 rings (SSSR count). The van der Waals surface area contributed by atoms with Gasteiger partial charge in [0.1, 0.15) is 0 Å². The van der Waals surface area contributed by atoms with E-state index in [0.29, 0.717) is 36.3 Å². The van der Waals surface area contributed by atoms with Gasteiger partial charge in [0.25, 0.3) is 0 Å². The van der Waals surface area contributed by atoms with Gasteiger partial charge in [-0.25, -0.2) is 9.37 Å². The van der Waals surface area contributed by atoms with Crippen molar-refractivity contribution in [3.05, 3.63) is 24.4 Å². The molecule has 1 fully saturated rings. The third kappa shape index (κ3) is 2.71. The fourth-order valence-corrected chi connectivity index (χ4v) is 3.13. The van der Waals surface area contributed by atoms with Crippen LogP contribution in [0.5, 0.6) is 5.88 Å². The second-order valence-electron chi connectivity index (χ2n) is 6.23. The summed E-state index contributed by atoms with van der Waals surface area (Å²) in [6.45, 7) is 0.984. The van der Waals surface area contributed by atoms with Crippen LogP contribution in [0.15, 0.2) is 18.6 Å². The zero-order valence-corrected chi connectivity index (χ0v) is 13.7. The van der Waals surface area contributed by atoms with Gasteiger partial charge in [0.05, 0.1) is 23.9 Å². The monoisotopic (exact) mass is 346 g/mol. The van der Waals surface area contributed by atoms with Gasteiger partial charge in [-0.05, 0) is 6.42 Å². The Morgan fingerprint density at radius 2 is 2.36 bits per heavy atom. The third-order valence-electron chi connectivity index (χ3n) is 4.46. The van der Waals surface area contributed by atoms with Crippen molar-refractivity contribution in [1.29, 1.82) is 0 Å². The molecule has 0 aliphatic carbocycles. The normalized spacial score (nSPS) is 20.9. The molecule has 0 unspecified atom stereocenters. The molecule has 132 valence electrons. The summed E-state index contributed by atoms with van der Waals surface area (Å²) in [6.07, 6.45) is 5.48. The lowest BCUT2D eigenvalue weighted by Crippen LogP contribution is -2.47. The van der Waals surface area contributed by atoms with Crippen molar-refractivity contribution in [3.8, 4) is 17.1 Å². The highest BCUT2D eigenvalue weighted by Gasteiger charge is 2.26. The first-order valence-electron chi connectivity index (χ1n) is 8.03. The molecule has 4 heterocycles. The predicted molar refractivity (Wildman–Crippen MR) is 90.7 cm³/mol. The van der Waals surface area contributed by atoms with Crippen molar-refractivity contribution < 1.29 is 14.2 Å². The van der Waals surface area contributed by atoms with Crippen LogP contribution in [-0.4, -0.2) is 50.2 Å². The van der Waals surface area contributed by atoms with Crippen molar-refractivity contribution >= 4 is 16.6 Å². The summed E-state index contributed by atoms with van der Waals surface area (Å²) in [5.74, 6) is -0.555. The Morgan fingerprint density at radius 3 is 3.08 bits per heavy atom. The first kappa shape index (κ1) is 15.9. The molecule has 3 aromatic rings. The number of aromatic amines is 1. The highest BCUT2D eigenvalue weighted by Crippen LogP contribution is 2.37. The number of anilines is 1. The van der Waals surface area contributed by atoms with Gasteiger partial charge in [-0.1, -0.05) is 0 Å². The summed E-state index contributed by atoms with van der Waals surface area (Å²) in [5, 5.41) is 17.9. The second kappa shape index (κ2) is 6.01. The molecule has 0 bridgehead atoms. The van der Waals surface area contributed by atoms with Gasteiger partial charge in [0.15, 0.2) is 17.5 Å². The highest BCUT2D eigenvalue weighted by atomic mass is 19.1. The number of ether oxygens (including phenoxy) is 1. The molecular weight excluding hydrogens is 327 g/mol. The van der Waals surface area contributed by atoms with E-state index < -0.39 is 5.82 Å². The molecule has 0 spiro atoms. The molecule has 0 radical (unpaired) electrons. The summed E-state index contributed by atoms with van der Waals surface area (Å²) in [4.78, 5) is 7.08. The second-order valence-corrected chi connectivity index (χ2v) is 6.23. The molecule has 2 atom stereocenters. The van der Waals surface area contributed by atoms with Crippen LogP contribution >= 0.6 is 0 Å². The average Bonchev–Trinajstić information content (AvgIpc) is 3.19. The van der Waals surface area contributed by atoms with E-state index in [-0.39, 0.29) is 29.2 Å². The molecule has 5 N–H and O–H groups in total. The maximum Gasteiger partial charge on any atom is 0.198 e. The van der Waals surface area contributed by atoms with Crippen LogP contribution in [0.4, 0.5) is 10.2 Å². The summed E-state index contributed by atoms with van der Waals surface area (Å²) in [5.41, 5.74) is 7.18. The minimum atomic E-state index is -0.530. The maximum absolute atomic E-state index is 14.9. The van der Waals surface area contributed by atoms with Crippen LogP contribution in [-0.2, 0) is 11.8 Å². The van der Waals surface area contributed by atoms with Crippen molar-refractivity contribution in [2.45, 2.75) is 18.5 Å². The van der Waals surface area contributed by atoms with Crippen LogP contribution in [0.2, 0.25) is 0 Å². The fourth-order valence-electron chi connectivity index (χ4n) is 3.13. The van der Waals surface area contributed by atoms with E-state index in [2.05, 4.69) is 20.4 Å². The van der Waals surface area contributed by atoms with Crippen molar-refractivity contribution in [3.63, 3.8) is 0 Å². The number of fused-ring (bicyclic) bond motifs is 1. The SMILES string of the molecule is Cn1cc(-c2nc(N[C@@H]3CCOC[C@@H]3N)c(F)c3c[nH]c(O)c23)cn1. The zero-order chi connectivity index (χ0) is 17.6. The van der Waals surface area contributed by atoms with E-state index in [1.165, 1.54) is 6.20 Å². The quantitative estimate of drug-likeness (QED) is 0.569. The fraction of sp³-hybridized carbons (Fsp3) is 0.375. The van der Waals surface area contributed by atoms with Gasteiger partial charge in [0, 0.05) is 49.1 Å². The molecule has 0 saturated carbocycles. The van der Waals surface area contributed by atoms with Crippen LogP contribution in [0.3, 0.4) is 0 Å². The van der Waals surface area contributed by atoms with Gasteiger partial charge in [-0.2, -0.15) is 5.10 Å². The largest absolute Gasteiger partial charge is 0.494 e. The van der Waals surface area contributed by atoms with E-state index in [4.69, 9.17) is 10.5 Å². The van der Waals surface area contributed by atoms with E-state index in [1.807, 2.05) is 0 Å². The average molecular weight is 346 g/mol. The Labute approximate surface area is 142 Å². The maximum atomic E-state index is 14.9. The molecule has 1 aliphatic rings. The molecular formula is C16H19FN6O2. The van der Waals surface area contributed by atoms with Gasteiger partial charge >= 0.3 is 0 Å². The van der Waals surface area contributed by atoms with E-state index in [0.717, 1.165) is 0 Å². The Morgan fingerprint density at radius 1 is 1.52 bits per heavy atom. The Kier molecular flexibility index (Phi) is 3.81. The van der Waals surface area contributed by atoms with Crippen molar-refractivity contribution in [2.24, 2.45) is 12.8 Å². The number of nitrogens with zero attached hydrogens (tertiary/aromatic N) is 3. The number of rotatable bonds is 3. The predicted octanol–water partition coefficient (Wildman–Crippen LogP) is 1.34. The first-order chi connectivity index (χ1) is 12.0. The standard InChI is InChI=1S/C16H19FN6O2/c1-23-6-8(4-20-23)14-12-9(5-19-16(12)24)13(17)15(22-14)21-11-2-3-25-7-10(11)18/h4-6,10-11,19,21,24H,2-3,7,18H2,1H3/t10-,11+/m0/s1. The van der Waals surface area contributed by atoms with Gasteiger partial charge < -0.3 is 25.9 Å². The Bertz CT molecular complexity index is 921. The molecule has 25 heavy (non-hydrogen) atoms. The van der Waals surface area contributed by atoms with Crippen LogP contribution in [0, 0.1) is 5.82 Å². The lowest BCUT2D eigenvalue weighted by Gasteiger charge is -2.30. The van der Waals surface area contributed by atoms with Crippen molar-refractivity contribution in [1.82, 2.24) is 19.7 Å². The van der Waals surface area contributed by atoms with Gasteiger partial charge in [-0.3, -0.25) is 4.68 Å². The topological polar surface area (TPSA) is 114 Å². The number of nitrogens with two attached hydrogens (primary N) is 1. The Balaban J connectivity index is 1.83. The number of aryl methyl sites for hydroxylation is 1. The minimum Gasteiger partial charge on any atom is -0.494 e. The molecule has 9 heteroatoms. The van der Waals surface area contributed by atoms with Crippen LogP contribution < -0.4 is 11.1 Å². The van der Waals surface area contributed by atoms with E-state index in [9.17, 15) is 9.50 Å². The molecule has 1 aliphatic heterocycles. The minimum absolute atomic E-state index is 0.104. The first-order valence-corrected chi connectivity index (χ1v) is 8.03. The smallest absolute Gasteiger partial charge is 0.198 e. The van der Waals surface area contributed by atoms with E-state index >= 15 is 0 Å². The number of nitrogens with one attached hydrogen (secondary N) is 2. The zero-order valence-electron chi connectivity index (χ0n) is 13.7. The van der Waals surface area contributed by atoms with Crippen LogP contribution in [0.25, 0.3) is 22.0 Å². The molecule has 0 aromatic carbocycles. The Hall–Kier alpha value is -2.65. The van der Waals surface area contributed by atoms with Crippen molar-refractivity contribution in [2.75, 3.05) is 18.5 Å². The van der Waals surface area contributed by atoms with Gasteiger partial charge in [-0.15, -0.1) is 0 Å². The summed E-state index contributed by atoms with van der Waals surface area (Å²) >= 11 is 0. The van der Waals surface area contributed by atoms with Gasteiger partial charge in [0.2, 0.25) is 0 Å². The van der Waals surface area contributed by atoms with E-state index in [1.54, 1.807) is 24.1 Å². The lowest BCUT2D eigenvalue weighted by molar-refractivity contribution is 0.0751. The number of aromatic hydroxyl groups is 1. The summed E-state index contributed by atoms with van der Waals surface area (Å²) in [6, 6.07) is -0.380. The summed E-state index contributed by atoms with van der Waals surface area (Å²) < 4.78 is 21.9. The van der Waals surface area contributed by atoms with Crippen LogP contribution in [0.1, 0.15) is 6.42 Å².